The Labute approximate surface area is 125 Å². The highest BCUT2D eigenvalue weighted by molar-refractivity contribution is 7.89. The SMILES string of the molecule is COCCN(CC(C)C)S(=O)(=O)c1ccc(CO)cc1F. The number of methoxy groups -OCH3 is 1. The van der Waals surface area contributed by atoms with Crippen molar-refractivity contribution in [1.29, 1.82) is 0 Å². The molecule has 0 unspecified atom stereocenters. The number of aliphatic hydroxyl groups is 1. The molecule has 0 saturated heterocycles. The van der Waals surface area contributed by atoms with Crippen LogP contribution in [0.5, 0.6) is 0 Å². The maximum atomic E-state index is 14.0. The quantitative estimate of drug-likeness (QED) is 0.790. The van der Waals surface area contributed by atoms with E-state index in [1.54, 1.807) is 0 Å². The van der Waals surface area contributed by atoms with Crippen molar-refractivity contribution in [3.05, 3.63) is 29.6 Å². The van der Waals surface area contributed by atoms with Crippen molar-refractivity contribution in [2.45, 2.75) is 25.3 Å². The Bertz CT molecular complexity index is 560. The molecular formula is C14H22FNO4S. The molecule has 5 nitrogen and oxygen atoms in total. The molecule has 0 saturated carbocycles. The largest absolute Gasteiger partial charge is 0.392 e. The molecule has 120 valence electrons. The first kappa shape index (κ1) is 18.0. The molecule has 0 fully saturated rings. The second kappa shape index (κ2) is 7.84. The van der Waals surface area contributed by atoms with Crippen molar-refractivity contribution in [2.75, 3.05) is 26.8 Å². The maximum absolute atomic E-state index is 14.0. The van der Waals surface area contributed by atoms with Crippen LogP contribution in [-0.2, 0) is 21.4 Å². The van der Waals surface area contributed by atoms with Gasteiger partial charge in [0, 0.05) is 20.2 Å². The highest BCUT2D eigenvalue weighted by Crippen LogP contribution is 2.21. The smallest absolute Gasteiger partial charge is 0.246 e. The fourth-order valence-corrected chi connectivity index (χ4v) is 3.53. The van der Waals surface area contributed by atoms with Crippen LogP contribution in [0.4, 0.5) is 4.39 Å². The summed E-state index contributed by atoms with van der Waals surface area (Å²) in [7, 11) is -2.44. The average molecular weight is 319 g/mol. The van der Waals surface area contributed by atoms with E-state index in [0.29, 0.717) is 5.56 Å². The lowest BCUT2D eigenvalue weighted by Crippen LogP contribution is -2.37. The molecule has 0 bridgehead atoms. The predicted octanol–water partition coefficient (Wildman–Crippen LogP) is 1.61. The number of halogens is 1. The van der Waals surface area contributed by atoms with Crippen LogP contribution in [0.25, 0.3) is 0 Å². The number of nitrogens with zero attached hydrogens (tertiary/aromatic N) is 1. The molecule has 1 N–H and O–H groups in total. The minimum atomic E-state index is -3.93. The third-order valence-corrected chi connectivity index (χ3v) is 4.81. The van der Waals surface area contributed by atoms with E-state index in [-0.39, 0.29) is 37.1 Å². The molecule has 21 heavy (non-hydrogen) atoms. The van der Waals surface area contributed by atoms with Gasteiger partial charge in [-0.15, -0.1) is 0 Å². The van der Waals surface area contributed by atoms with Crippen LogP contribution in [-0.4, -0.2) is 44.6 Å². The average Bonchev–Trinajstić information content (AvgIpc) is 2.42. The summed E-state index contributed by atoms with van der Waals surface area (Å²) in [6, 6.07) is 3.63. The Kier molecular flexibility index (Phi) is 6.73. The third kappa shape index (κ3) is 4.74. The van der Waals surface area contributed by atoms with Gasteiger partial charge in [0.1, 0.15) is 10.7 Å². The number of aliphatic hydroxyl groups excluding tert-OH is 1. The van der Waals surface area contributed by atoms with E-state index in [1.807, 2.05) is 13.8 Å². The zero-order valence-corrected chi connectivity index (χ0v) is 13.4. The fraction of sp³-hybridized carbons (Fsp3) is 0.571. The van der Waals surface area contributed by atoms with Crippen LogP contribution in [0.3, 0.4) is 0 Å². The Morgan fingerprint density at radius 1 is 1.38 bits per heavy atom. The molecule has 0 aromatic heterocycles. The lowest BCUT2D eigenvalue weighted by molar-refractivity contribution is 0.175. The summed E-state index contributed by atoms with van der Waals surface area (Å²) in [5.41, 5.74) is 0.332. The zero-order valence-electron chi connectivity index (χ0n) is 12.5. The second-order valence-corrected chi connectivity index (χ2v) is 7.08. The zero-order chi connectivity index (χ0) is 16.0. The molecule has 0 atom stereocenters. The van der Waals surface area contributed by atoms with Gasteiger partial charge in [0.05, 0.1) is 13.2 Å². The summed E-state index contributed by atoms with van der Waals surface area (Å²) in [6.45, 7) is 4.13. The number of hydrogen-bond donors (Lipinski definition) is 1. The van der Waals surface area contributed by atoms with E-state index in [0.717, 1.165) is 6.07 Å². The highest BCUT2D eigenvalue weighted by atomic mass is 32.2. The fourth-order valence-electron chi connectivity index (χ4n) is 1.90. The minimum absolute atomic E-state index is 0.108. The first-order valence-corrected chi connectivity index (χ1v) is 8.15. The number of ether oxygens (including phenoxy) is 1. The van der Waals surface area contributed by atoms with Crippen molar-refractivity contribution in [2.24, 2.45) is 5.92 Å². The molecule has 1 rings (SSSR count). The van der Waals surface area contributed by atoms with Gasteiger partial charge in [0.2, 0.25) is 10.0 Å². The van der Waals surface area contributed by atoms with E-state index >= 15 is 0 Å². The lowest BCUT2D eigenvalue weighted by atomic mass is 10.2. The van der Waals surface area contributed by atoms with E-state index in [2.05, 4.69) is 0 Å². The first-order valence-electron chi connectivity index (χ1n) is 6.71. The Balaban J connectivity index is 3.15. The molecule has 0 amide bonds. The Hall–Kier alpha value is -1.02. The van der Waals surface area contributed by atoms with Crippen molar-refractivity contribution in [1.82, 2.24) is 4.31 Å². The van der Waals surface area contributed by atoms with E-state index in [9.17, 15) is 12.8 Å². The van der Waals surface area contributed by atoms with Gasteiger partial charge < -0.3 is 9.84 Å². The number of hydrogen-bond acceptors (Lipinski definition) is 4. The van der Waals surface area contributed by atoms with Crippen LogP contribution in [0.15, 0.2) is 23.1 Å². The van der Waals surface area contributed by atoms with Crippen molar-refractivity contribution in [3.63, 3.8) is 0 Å². The molecule has 1 aromatic carbocycles. The molecule has 1 aromatic rings. The predicted molar refractivity (Wildman–Crippen MR) is 77.8 cm³/mol. The van der Waals surface area contributed by atoms with Crippen molar-refractivity contribution < 1.29 is 22.7 Å². The molecule has 0 aliphatic carbocycles. The number of rotatable bonds is 8. The number of sulfonamides is 1. The van der Waals surface area contributed by atoms with Crippen LogP contribution >= 0.6 is 0 Å². The van der Waals surface area contributed by atoms with E-state index in [4.69, 9.17) is 9.84 Å². The minimum Gasteiger partial charge on any atom is -0.392 e. The van der Waals surface area contributed by atoms with Crippen LogP contribution in [0, 0.1) is 11.7 Å². The molecular weight excluding hydrogens is 297 g/mol. The van der Waals surface area contributed by atoms with Crippen LogP contribution in [0.2, 0.25) is 0 Å². The summed E-state index contributed by atoms with van der Waals surface area (Å²) >= 11 is 0. The van der Waals surface area contributed by atoms with E-state index in [1.165, 1.54) is 23.5 Å². The molecule has 0 radical (unpaired) electrons. The lowest BCUT2D eigenvalue weighted by Gasteiger charge is -2.24. The van der Waals surface area contributed by atoms with E-state index < -0.39 is 15.8 Å². The second-order valence-electron chi connectivity index (χ2n) is 5.17. The summed E-state index contributed by atoms with van der Waals surface area (Å²) in [5.74, 6) is -0.746. The maximum Gasteiger partial charge on any atom is 0.246 e. The summed E-state index contributed by atoms with van der Waals surface area (Å²) < 4.78 is 45.3. The third-order valence-electron chi connectivity index (χ3n) is 2.91. The molecule has 0 aliphatic rings. The van der Waals surface area contributed by atoms with Gasteiger partial charge >= 0.3 is 0 Å². The molecule has 0 spiro atoms. The summed E-state index contributed by atoms with van der Waals surface area (Å²) in [5, 5.41) is 8.96. The highest BCUT2D eigenvalue weighted by Gasteiger charge is 2.27. The standard InChI is InChI=1S/C14H22FNO4S/c1-11(2)9-16(6-7-20-3)21(18,19)14-5-4-12(10-17)8-13(14)15/h4-5,8,11,17H,6-7,9-10H2,1-3H3. The first-order chi connectivity index (χ1) is 9.82. The van der Waals surface area contributed by atoms with Crippen molar-refractivity contribution >= 4 is 10.0 Å². The normalized spacial score (nSPS) is 12.3. The van der Waals surface area contributed by atoms with Crippen LogP contribution in [0.1, 0.15) is 19.4 Å². The molecule has 0 aliphatic heterocycles. The van der Waals surface area contributed by atoms with Gasteiger partial charge in [-0.05, 0) is 23.6 Å². The van der Waals surface area contributed by atoms with Gasteiger partial charge in [0.25, 0.3) is 0 Å². The van der Waals surface area contributed by atoms with Gasteiger partial charge in [-0.25, -0.2) is 12.8 Å². The molecule has 0 heterocycles. The molecule has 7 heteroatoms. The van der Waals surface area contributed by atoms with Gasteiger partial charge in [0.15, 0.2) is 0 Å². The monoisotopic (exact) mass is 319 g/mol. The van der Waals surface area contributed by atoms with Gasteiger partial charge in [-0.2, -0.15) is 4.31 Å². The topological polar surface area (TPSA) is 66.8 Å². The number of benzene rings is 1. The van der Waals surface area contributed by atoms with Gasteiger partial charge in [-0.1, -0.05) is 19.9 Å². The summed E-state index contributed by atoms with van der Waals surface area (Å²) in [4.78, 5) is -0.378. The van der Waals surface area contributed by atoms with Crippen molar-refractivity contribution in [3.8, 4) is 0 Å². The Morgan fingerprint density at radius 3 is 2.52 bits per heavy atom. The van der Waals surface area contributed by atoms with Gasteiger partial charge in [-0.3, -0.25) is 0 Å². The van der Waals surface area contributed by atoms with Crippen LogP contribution < -0.4 is 0 Å². The Morgan fingerprint density at radius 2 is 2.05 bits per heavy atom. The summed E-state index contributed by atoms with van der Waals surface area (Å²) in [6.07, 6.45) is 0.